The molecule has 1 saturated heterocycles. The van der Waals surface area contributed by atoms with Crippen molar-refractivity contribution < 1.29 is 18.0 Å². The van der Waals surface area contributed by atoms with Gasteiger partial charge < -0.3 is 9.80 Å². The topological polar surface area (TPSA) is 86.8 Å². The molecule has 2 aliphatic heterocycles. The van der Waals surface area contributed by atoms with Gasteiger partial charge in [-0.3, -0.25) is 9.59 Å². The molecule has 4 rings (SSSR count). The fourth-order valence-electron chi connectivity index (χ4n) is 5.32. The van der Waals surface area contributed by atoms with Crippen LogP contribution < -0.4 is 9.62 Å². The number of rotatable bonds is 8. The molecule has 2 aliphatic rings. The second kappa shape index (κ2) is 11.1. The number of hydrogen-bond acceptors (Lipinski definition) is 4. The van der Waals surface area contributed by atoms with Crippen LogP contribution in [0.2, 0.25) is 0 Å². The Morgan fingerprint density at radius 2 is 1.72 bits per heavy atom. The maximum absolute atomic E-state index is 13.5. The monoisotopic (exact) mass is 511 g/mol. The maximum Gasteiger partial charge on any atom is 0.241 e. The van der Waals surface area contributed by atoms with E-state index in [0.717, 1.165) is 30.5 Å². The van der Waals surface area contributed by atoms with E-state index < -0.39 is 16.1 Å². The molecule has 1 fully saturated rings. The molecular formula is C28H37N3O4S. The highest BCUT2D eigenvalue weighted by Crippen LogP contribution is 2.30. The van der Waals surface area contributed by atoms with Crippen molar-refractivity contribution in [3.63, 3.8) is 0 Å². The van der Waals surface area contributed by atoms with Gasteiger partial charge in [0.15, 0.2) is 0 Å². The largest absolute Gasteiger partial charge is 0.341 e. The Kier molecular flexibility index (Phi) is 8.15. The highest BCUT2D eigenvalue weighted by Gasteiger charge is 2.33. The summed E-state index contributed by atoms with van der Waals surface area (Å²) in [6.45, 7) is 7.34. The molecule has 0 unspecified atom stereocenters. The van der Waals surface area contributed by atoms with Gasteiger partial charge in [0.2, 0.25) is 21.8 Å². The lowest BCUT2D eigenvalue weighted by Gasteiger charge is -2.35. The molecule has 0 bridgehead atoms. The Balaban J connectivity index is 1.43. The maximum atomic E-state index is 13.5. The van der Waals surface area contributed by atoms with Gasteiger partial charge in [-0.15, -0.1) is 0 Å². The van der Waals surface area contributed by atoms with Crippen LogP contribution in [0.15, 0.2) is 53.4 Å². The number of fused-ring (bicyclic) bond motifs is 1. The van der Waals surface area contributed by atoms with Gasteiger partial charge in [0.05, 0.1) is 4.90 Å². The van der Waals surface area contributed by atoms with Crippen LogP contribution in [0.3, 0.4) is 0 Å². The van der Waals surface area contributed by atoms with Crippen molar-refractivity contribution >= 4 is 27.5 Å². The Morgan fingerprint density at radius 3 is 2.36 bits per heavy atom. The molecule has 1 atom stereocenters. The standard InChI is InChI=1S/C28H37N3O4S/c1-20(2)17-26(28(33)30-14-11-23(12-15-30)18-22-7-5-4-6-8-22)29-36(34,35)25-9-10-27-24(19-25)13-16-31(27)21(3)32/h4-10,19-20,23,26,29H,11-18H2,1-3H3/t26-/m0/s1. The van der Waals surface area contributed by atoms with Crippen LogP contribution in [0, 0.1) is 11.8 Å². The Bertz CT molecular complexity index is 1190. The lowest BCUT2D eigenvalue weighted by atomic mass is 9.90. The number of benzene rings is 2. The quantitative estimate of drug-likeness (QED) is 0.585. The van der Waals surface area contributed by atoms with Gasteiger partial charge in [0.25, 0.3) is 0 Å². The number of carbonyl (C=O) groups excluding carboxylic acids is 2. The molecule has 0 aliphatic carbocycles. The summed E-state index contributed by atoms with van der Waals surface area (Å²) in [6, 6.07) is 14.4. The van der Waals surface area contributed by atoms with Gasteiger partial charge in [-0.05, 0) is 73.3 Å². The van der Waals surface area contributed by atoms with Gasteiger partial charge >= 0.3 is 0 Å². The van der Waals surface area contributed by atoms with E-state index in [2.05, 4.69) is 29.0 Å². The fraction of sp³-hybridized carbons (Fsp3) is 0.500. The molecule has 0 saturated carbocycles. The van der Waals surface area contributed by atoms with E-state index in [1.807, 2.05) is 24.8 Å². The van der Waals surface area contributed by atoms with E-state index in [0.29, 0.717) is 38.4 Å². The van der Waals surface area contributed by atoms with Crippen molar-refractivity contribution in [2.45, 2.75) is 63.8 Å². The fourth-order valence-corrected chi connectivity index (χ4v) is 6.58. The van der Waals surface area contributed by atoms with Gasteiger partial charge in [-0.2, -0.15) is 4.72 Å². The number of nitrogens with zero attached hydrogens (tertiary/aromatic N) is 2. The minimum absolute atomic E-state index is 0.0578. The van der Waals surface area contributed by atoms with E-state index in [-0.39, 0.29) is 22.6 Å². The van der Waals surface area contributed by atoms with E-state index in [1.54, 1.807) is 17.0 Å². The first kappa shape index (κ1) is 26.4. The number of sulfonamides is 1. The molecule has 2 aromatic rings. The smallest absolute Gasteiger partial charge is 0.241 e. The summed E-state index contributed by atoms with van der Waals surface area (Å²) in [7, 11) is -3.90. The molecular weight excluding hydrogens is 474 g/mol. The SMILES string of the molecule is CC(=O)N1CCc2cc(S(=O)(=O)N[C@@H](CC(C)C)C(=O)N3CCC(Cc4ccccc4)CC3)ccc21. The highest BCUT2D eigenvalue weighted by atomic mass is 32.2. The number of carbonyl (C=O) groups is 2. The van der Waals surface area contributed by atoms with E-state index in [1.165, 1.54) is 18.6 Å². The van der Waals surface area contributed by atoms with Gasteiger partial charge in [0.1, 0.15) is 6.04 Å². The molecule has 0 aromatic heterocycles. The second-order valence-electron chi connectivity index (χ2n) is 10.5. The van der Waals surface area contributed by atoms with Crippen LogP contribution in [-0.4, -0.2) is 50.8 Å². The summed E-state index contributed by atoms with van der Waals surface area (Å²) in [5, 5.41) is 0. The van der Waals surface area contributed by atoms with E-state index >= 15 is 0 Å². The predicted molar refractivity (Wildman–Crippen MR) is 141 cm³/mol. The number of likely N-dealkylation sites (tertiary alicyclic amines) is 1. The zero-order chi connectivity index (χ0) is 25.9. The first-order chi connectivity index (χ1) is 17.1. The number of piperidine rings is 1. The lowest BCUT2D eigenvalue weighted by molar-refractivity contribution is -0.134. The summed E-state index contributed by atoms with van der Waals surface area (Å²) < 4.78 is 29.4. The number of hydrogen-bond donors (Lipinski definition) is 1. The Morgan fingerprint density at radius 1 is 1.03 bits per heavy atom. The van der Waals surface area contributed by atoms with E-state index in [4.69, 9.17) is 0 Å². The first-order valence-electron chi connectivity index (χ1n) is 12.9. The minimum Gasteiger partial charge on any atom is -0.341 e. The molecule has 0 radical (unpaired) electrons. The summed E-state index contributed by atoms with van der Waals surface area (Å²) >= 11 is 0. The molecule has 36 heavy (non-hydrogen) atoms. The van der Waals surface area contributed by atoms with Crippen LogP contribution in [-0.2, 0) is 32.5 Å². The zero-order valence-corrected chi connectivity index (χ0v) is 22.3. The van der Waals surface area contributed by atoms with Gasteiger partial charge in [0, 0.05) is 32.2 Å². The predicted octanol–water partition coefficient (Wildman–Crippen LogP) is 3.77. The molecule has 0 spiro atoms. The highest BCUT2D eigenvalue weighted by molar-refractivity contribution is 7.89. The van der Waals surface area contributed by atoms with Gasteiger partial charge in [-0.25, -0.2) is 8.42 Å². The third-order valence-corrected chi connectivity index (χ3v) is 8.70. The number of anilines is 1. The van der Waals surface area contributed by atoms with Gasteiger partial charge in [-0.1, -0.05) is 44.2 Å². The molecule has 2 amide bonds. The summed E-state index contributed by atoms with van der Waals surface area (Å²) in [5.74, 6) is 0.478. The number of nitrogens with one attached hydrogen (secondary N) is 1. The van der Waals surface area contributed by atoms with Crippen LogP contribution in [0.1, 0.15) is 51.2 Å². The average molecular weight is 512 g/mol. The Labute approximate surface area is 214 Å². The summed E-state index contributed by atoms with van der Waals surface area (Å²) in [6.07, 6.45) is 3.89. The lowest BCUT2D eigenvalue weighted by Crippen LogP contribution is -2.51. The zero-order valence-electron chi connectivity index (χ0n) is 21.4. The van der Waals surface area contributed by atoms with Crippen LogP contribution in [0.5, 0.6) is 0 Å². The third-order valence-electron chi connectivity index (χ3n) is 7.23. The third kappa shape index (κ3) is 6.16. The molecule has 1 N–H and O–H groups in total. The second-order valence-corrected chi connectivity index (χ2v) is 12.2. The van der Waals surface area contributed by atoms with Crippen LogP contribution in [0.25, 0.3) is 0 Å². The van der Waals surface area contributed by atoms with Crippen LogP contribution >= 0.6 is 0 Å². The normalized spacial score (nSPS) is 17.3. The van der Waals surface area contributed by atoms with Crippen molar-refractivity contribution in [2.75, 3.05) is 24.5 Å². The molecule has 194 valence electrons. The molecule has 2 heterocycles. The minimum atomic E-state index is -3.90. The number of amides is 2. The van der Waals surface area contributed by atoms with Crippen molar-refractivity contribution in [3.05, 3.63) is 59.7 Å². The average Bonchev–Trinajstić information content (AvgIpc) is 3.28. The van der Waals surface area contributed by atoms with Crippen molar-refractivity contribution in [1.29, 1.82) is 0 Å². The van der Waals surface area contributed by atoms with Crippen LogP contribution in [0.4, 0.5) is 5.69 Å². The van der Waals surface area contributed by atoms with Crippen molar-refractivity contribution in [3.8, 4) is 0 Å². The Hall–Kier alpha value is -2.71. The van der Waals surface area contributed by atoms with E-state index in [9.17, 15) is 18.0 Å². The van der Waals surface area contributed by atoms with Crippen molar-refractivity contribution in [2.24, 2.45) is 11.8 Å². The summed E-state index contributed by atoms with van der Waals surface area (Å²) in [4.78, 5) is 28.9. The molecule has 7 nitrogen and oxygen atoms in total. The summed E-state index contributed by atoms with van der Waals surface area (Å²) in [5.41, 5.74) is 2.91. The molecule has 2 aromatic carbocycles. The first-order valence-corrected chi connectivity index (χ1v) is 14.4. The molecule has 8 heteroatoms. The van der Waals surface area contributed by atoms with Crippen molar-refractivity contribution in [1.82, 2.24) is 9.62 Å².